The van der Waals surface area contributed by atoms with Gasteiger partial charge in [-0.1, -0.05) is 24.5 Å². The van der Waals surface area contributed by atoms with Crippen molar-refractivity contribution in [2.24, 2.45) is 7.05 Å². The summed E-state index contributed by atoms with van der Waals surface area (Å²) in [4.78, 5) is 26.1. The Morgan fingerprint density at radius 1 is 1.26 bits per heavy atom. The van der Waals surface area contributed by atoms with Crippen molar-refractivity contribution in [3.8, 4) is 0 Å². The van der Waals surface area contributed by atoms with Crippen LogP contribution in [0.3, 0.4) is 0 Å². The maximum Gasteiger partial charge on any atom is 0.329 e. The second-order valence-electron chi connectivity index (χ2n) is 6.18. The monoisotopic (exact) mass is 316 g/mol. The van der Waals surface area contributed by atoms with E-state index in [0.29, 0.717) is 23.9 Å². The zero-order valence-corrected chi connectivity index (χ0v) is 13.3. The van der Waals surface area contributed by atoms with Gasteiger partial charge < -0.3 is 10.0 Å². The quantitative estimate of drug-likeness (QED) is 0.933. The Labute approximate surface area is 133 Å². The van der Waals surface area contributed by atoms with Crippen molar-refractivity contribution in [2.45, 2.75) is 37.6 Å². The average Bonchev–Trinajstić information content (AvgIpc) is 2.94. The number of aryl methyl sites for hydroxylation is 1. The molecule has 0 unspecified atom stereocenters. The number of carboxylic acids is 1. The minimum absolute atomic E-state index is 0.290. The molecule has 2 aromatic rings. The zero-order chi connectivity index (χ0) is 16.6. The number of hydrogen-bond acceptors (Lipinski definition) is 4. The number of aromatic nitrogens is 3. The van der Waals surface area contributed by atoms with E-state index in [9.17, 15) is 14.7 Å². The molecule has 0 bridgehead atoms. The third-order valence-electron chi connectivity index (χ3n) is 4.88. The lowest BCUT2D eigenvalue weighted by Gasteiger charge is -2.41. The number of carboxylic acid groups (broad SMARTS) is 1. The maximum absolute atomic E-state index is 12.8. The molecule has 122 valence electrons. The lowest BCUT2D eigenvalue weighted by atomic mass is 9.80. The van der Waals surface area contributed by atoms with E-state index in [1.165, 1.54) is 4.90 Å². The molecule has 1 heterocycles. The van der Waals surface area contributed by atoms with Crippen LogP contribution < -0.4 is 0 Å². The van der Waals surface area contributed by atoms with Gasteiger partial charge in [-0.05, 0) is 31.0 Å². The summed E-state index contributed by atoms with van der Waals surface area (Å²) >= 11 is 0. The van der Waals surface area contributed by atoms with Crippen molar-refractivity contribution >= 4 is 22.9 Å². The first-order chi connectivity index (χ1) is 11.0. The summed E-state index contributed by atoms with van der Waals surface area (Å²) in [6.07, 6.45) is 3.67. The van der Waals surface area contributed by atoms with Gasteiger partial charge in [0.25, 0.3) is 5.91 Å². The summed E-state index contributed by atoms with van der Waals surface area (Å²) in [6, 6.07) is 5.15. The highest BCUT2D eigenvalue weighted by molar-refractivity contribution is 6.00. The van der Waals surface area contributed by atoms with Gasteiger partial charge in [0.15, 0.2) is 0 Å². The topological polar surface area (TPSA) is 88.3 Å². The normalized spacial score (nSPS) is 17.1. The number of rotatable bonds is 3. The van der Waals surface area contributed by atoms with E-state index in [2.05, 4.69) is 10.3 Å². The molecule has 1 saturated carbocycles. The Kier molecular flexibility index (Phi) is 3.79. The van der Waals surface area contributed by atoms with Crippen LogP contribution in [0.25, 0.3) is 11.0 Å². The molecule has 0 aliphatic heterocycles. The number of likely N-dealkylation sites (N-methyl/N-ethyl adjacent to an activating group) is 1. The Balaban J connectivity index is 1.94. The highest BCUT2D eigenvalue weighted by atomic mass is 16.4. The average molecular weight is 316 g/mol. The molecule has 1 aromatic heterocycles. The smallest absolute Gasteiger partial charge is 0.329 e. The Hall–Kier alpha value is -2.44. The largest absolute Gasteiger partial charge is 0.479 e. The van der Waals surface area contributed by atoms with Crippen LogP contribution in [-0.4, -0.2) is 49.5 Å². The molecule has 1 N–H and O–H groups in total. The van der Waals surface area contributed by atoms with Crippen molar-refractivity contribution in [1.29, 1.82) is 0 Å². The van der Waals surface area contributed by atoms with Crippen LogP contribution in [0.5, 0.6) is 0 Å². The van der Waals surface area contributed by atoms with Crippen LogP contribution >= 0.6 is 0 Å². The lowest BCUT2D eigenvalue weighted by Crippen LogP contribution is -2.56. The third kappa shape index (κ3) is 2.46. The molecule has 0 saturated heterocycles. The van der Waals surface area contributed by atoms with E-state index in [-0.39, 0.29) is 5.91 Å². The zero-order valence-electron chi connectivity index (χ0n) is 13.3. The highest BCUT2D eigenvalue weighted by Gasteiger charge is 2.45. The number of amides is 1. The van der Waals surface area contributed by atoms with Crippen molar-refractivity contribution in [1.82, 2.24) is 19.9 Å². The minimum Gasteiger partial charge on any atom is -0.479 e. The van der Waals surface area contributed by atoms with E-state index in [1.54, 1.807) is 37.0 Å². The van der Waals surface area contributed by atoms with Gasteiger partial charge in [0.1, 0.15) is 11.1 Å². The van der Waals surface area contributed by atoms with Gasteiger partial charge in [0.05, 0.1) is 5.52 Å². The molecule has 1 amide bonds. The fraction of sp³-hybridized carbons (Fsp3) is 0.500. The molecule has 0 spiro atoms. The third-order valence-corrected chi connectivity index (χ3v) is 4.88. The number of fused-ring (bicyclic) bond motifs is 1. The summed E-state index contributed by atoms with van der Waals surface area (Å²) < 4.78 is 1.63. The molecule has 7 heteroatoms. The second-order valence-corrected chi connectivity index (χ2v) is 6.18. The first-order valence-electron chi connectivity index (χ1n) is 7.77. The van der Waals surface area contributed by atoms with Gasteiger partial charge >= 0.3 is 5.97 Å². The van der Waals surface area contributed by atoms with E-state index in [4.69, 9.17) is 0 Å². The summed E-state index contributed by atoms with van der Waals surface area (Å²) in [6.45, 7) is 0. The predicted octanol–water partition coefficient (Wildman–Crippen LogP) is 1.83. The number of benzene rings is 1. The van der Waals surface area contributed by atoms with Crippen molar-refractivity contribution in [3.05, 3.63) is 23.8 Å². The molecule has 1 fully saturated rings. The van der Waals surface area contributed by atoms with Crippen molar-refractivity contribution < 1.29 is 14.7 Å². The molecule has 1 aliphatic carbocycles. The first-order valence-corrected chi connectivity index (χ1v) is 7.77. The van der Waals surface area contributed by atoms with Gasteiger partial charge in [0, 0.05) is 19.7 Å². The summed E-state index contributed by atoms with van der Waals surface area (Å²) in [7, 11) is 3.37. The van der Waals surface area contributed by atoms with Crippen LogP contribution in [0.1, 0.15) is 42.5 Å². The number of carbonyl (C=O) groups is 2. The van der Waals surface area contributed by atoms with E-state index < -0.39 is 11.5 Å². The maximum atomic E-state index is 12.8. The van der Waals surface area contributed by atoms with E-state index >= 15 is 0 Å². The molecule has 23 heavy (non-hydrogen) atoms. The van der Waals surface area contributed by atoms with E-state index in [0.717, 1.165) is 24.8 Å². The van der Waals surface area contributed by atoms with Crippen molar-refractivity contribution in [2.75, 3.05) is 7.05 Å². The Morgan fingerprint density at radius 2 is 1.96 bits per heavy atom. The minimum atomic E-state index is -1.10. The molecule has 0 radical (unpaired) electrons. The lowest BCUT2D eigenvalue weighted by molar-refractivity contribution is -0.151. The molecule has 0 atom stereocenters. The summed E-state index contributed by atoms with van der Waals surface area (Å²) in [5.41, 5.74) is 0.786. The van der Waals surface area contributed by atoms with Gasteiger partial charge in [-0.2, -0.15) is 0 Å². The van der Waals surface area contributed by atoms with Crippen LogP contribution in [0, 0.1) is 0 Å². The Morgan fingerprint density at radius 3 is 2.61 bits per heavy atom. The molecule has 1 aliphatic rings. The van der Waals surface area contributed by atoms with Crippen molar-refractivity contribution in [3.63, 3.8) is 0 Å². The standard InChI is InChI=1S/C16H20N4O3/c1-19(16(15(22)23)8-4-3-5-9-16)14(21)11-6-7-13-12(10-11)17-18-20(13)2/h6-7,10H,3-5,8-9H2,1-2H3,(H,22,23). The molecule has 3 rings (SSSR count). The number of carbonyl (C=O) groups excluding carboxylic acids is 1. The van der Waals surface area contributed by atoms with Crippen LogP contribution in [-0.2, 0) is 11.8 Å². The molecule has 7 nitrogen and oxygen atoms in total. The summed E-state index contributed by atoms with van der Waals surface area (Å²) in [5.74, 6) is -1.21. The predicted molar refractivity (Wildman–Crippen MR) is 84.1 cm³/mol. The molecular weight excluding hydrogens is 296 g/mol. The second kappa shape index (κ2) is 5.64. The fourth-order valence-corrected chi connectivity index (χ4v) is 3.39. The van der Waals surface area contributed by atoms with Crippen LogP contribution in [0.4, 0.5) is 0 Å². The fourth-order valence-electron chi connectivity index (χ4n) is 3.39. The molecular formula is C16H20N4O3. The van der Waals surface area contributed by atoms with E-state index in [1.807, 2.05) is 0 Å². The molecule has 1 aromatic carbocycles. The van der Waals surface area contributed by atoms with Gasteiger partial charge in [-0.3, -0.25) is 4.79 Å². The van der Waals surface area contributed by atoms with Gasteiger partial charge in [-0.25, -0.2) is 9.48 Å². The van der Waals surface area contributed by atoms with Crippen LogP contribution in [0.2, 0.25) is 0 Å². The van der Waals surface area contributed by atoms with Crippen LogP contribution in [0.15, 0.2) is 18.2 Å². The first kappa shape index (κ1) is 15.5. The SMILES string of the molecule is CN(C(=O)c1ccc2c(c1)nnn2C)C1(C(=O)O)CCCCC1. The highest BCUT2D eigenvalue weighted by Crippen LogP contribution is 2.34. The summed E-state index contributed by atoms with van der Waals surface area (Å²) in [5, 5.41) is 17.6. The number of nitrogens with zero attached hydrogens (tertiary/aromatic N) is 4. The van der Waals surface area contributed by atoms with Gasteiger partial charge in [0.2, 0.25) is 0 Å². The number of aliphatic carboxylic acids is 1. The number of hydrogen-bond donors (Lipinski definition) is 1. The Bertz CT molecular complexity index is 762. The van der Waals surface area contributed by atoms with Gasteiger partial charge in [-0.15, -0.1) is 5.10 Å².